The maximum atomic E-state index is 12.8. The summed E-state index contributed by atoms with van der Waals surface area (Å²) in [7, 11) is -2.39. The molecule has 1 unspecified atom stereocenters. The van der Waals surface area contributed by atoms with Gasteiger partial charge in [-0.15, -0.1) is 0 Å². The summed E-state index contributed by atoms with van der Waals surface area (Å²) in [5.74, 6) is -0.986. The zero-order valence-corrected chi connectivity index (χ0v) is 14.7. The van der Waals surface area contributed by atoms with Crippen molar-refractivity contribution in [2.75, 3.05) is 30.9 Å². The zero-order chi connectivity index (χ0) is 16.8. The van der Waals surface area contributed by atoms with Crippen LogP contribution in [0.2, 0.25) is 0 Å². The van der Waals surface area contributed by atoms with Crippen LogP contribution in [0.5, 0.6) is 0 Å². The van der Waals surface area contributed by atoms with Gasteiger partial charge in [0.25, 0.3) is 0 Å². The van der Waals surface area contributed by atoms with E-state index in [1.165, 1.54) is 0 Å². The molecule has 1 atom stereocenters. The summed E-state index contributed by atoms with van der Waals surface area (Å²) in [6.07, 6.45) is 1.20. The SMILES string of the molecule is CCOCC(C)(Nc1cccc(P(=O)(CC)CC)c1)C(=O)O. The van der Waals surface area contributed by atoms with Crippen molar-refractivity contribution in [2.45, 2.75) is 33.2 Å². The minimum absolute atomic E-state index is 0.0578. The maximum absolute atomic E-state index is 12.8. The normalized spacial score (nSPS) is 14.4. The lowest BCUT2D eigenvalue weighted by molar-refractivity contribution is -0.143. The Bertz CT molecular complexity index is 553. The number of hydrogen-bond acceptors (Lipinski definition) is 4. The molecule has 1 aromatic rings. The molecule has 0 saturated carbocycles. The van der Waals surface area contributed by atoms with E-state index >= 15 is 0 Å². The number of ether oxygens (including phenoxy) is 1. The Morgan fingerprint density at radius 2 is 1.95 bits per heavy atom. The van der Waals surface area contributed by atoms with E-state index in [4.69, 9.17) is 4.74 Å². The van der Waals surface area contributed by atoms with Gasteiger partial charge in [-0.1, -0.05) is 26.0 Å². The Morgan fingerprint density at radius 1 is 1.32 bits per heavy atom. The van der Waals surface area contributed by atoms with Gasteiger partial charge in [-0.2, -0.15) is 0 Å². The number of hydrogen-bond donors (Lipinski definition) is 2. The van der Waals surface area contributed by atoms with Crippen molar-refractivity contribution in [1.29, 1.82) is 0 Å². The van der Waals surface area contributed by atoms with Crippen LogP contribution in [0.15, 0.2) is 24.3 Å². The van der Waals surface area contributed by atoms with E-state index in [-0.39, 0.29) is 6.61 Å². The second kappa shape index (κ2) is 7.80. The van der Waals surface area contributed by atoms with Crippen LogP contribution >= 0.6 is 7.14 Å². The molecule has 0 heterocycles. The first kappa shape index (κ1) is 18.7. The molecule has 6 heteroatoms. The van der Waals surface area contributed by atoms with E-state index < -0.39 is 18.7 Å². The van der Waals surface area contributed by atoms with Crippen molar-refractivity contribution in [3.8, 4) is 0 Å². The number of nitrogens with one attached hydrogen (secondary N) is 1. The Morgan fingerprint density at radius 3 is 2.45 bits per heavy atom. The average molecular weight is 327 g/mol. The quantitative estimate of drug-likeness (QED) is 0.682. The molecule has 0 aromatic heterocycles. The lowest BCUT2D eigenvalue weighted by Crippen LogP contribution is -2.47. The molecule has 0 bridgehead atoms. The van der Waals surface area contributed by atoms with Crippen LogP contribution in [-0.2, 0) is 14.1 Å². The van der Waals surface area contributed by atoms with Gasteiger partial charge in [-0.25, -0.2) is 4.79 Å². The topological polar surface area (TPSA) is 75.6 Å². The fourth-order valence-corrected chi connectivity index (χ4v) is 4.11. The minimum Gasteiger partial charge on any atom is -0.479 e. The lowest BCUT2D eigenvalue weighted by atomic mass is 10.0. The highest BCUT2D eigenvalue weighted by Gasteiger charge is 2.33. The van der Waals surface area contributed by atoms with Crippen molar-refractivity contribution in [2.24, 2.45) is 0 Å². The van der Waals surface area contributed by atoms with E-state index in [0.29, 0.717) is 24.6 Å². The summed E-state index contributed by atoms with van der Waals surface area (Å²) in [5, 5.41) is 13.2. The predicted molar refractivity (Wildman–Crippen MR) is 90.9 cm³/mol. The average Bonchev–Trinajstić information content (AvgIpc) is 2.52. The van der Waals surface area contributed by atoms with Crippen LogP contribution in [0.25, 0.3) is 0 Å². The lowest BCUT2D eigenvalue weighted by Gasteiger charge is -2.27. The van der Waals surface area contributed by atoms with Gasteiger partial charge in [-0.3, -0.25) is 0 Å². The molecular weight excluding hydrogens is 301 g/mol. The number of rotatable bonds is 9. The molecule has 124 valence electrons. The van der Waals surface area contributed by atoms with E-state index in [9.17, 15) is 14.5 Å². The van der Waals surface area contributed by atoms with Crippen LogP contribution in [0.3, 0.4) is 0 Å². The molecule has 0 saturated heterocycles. The third-order valence-corrected chi connectivity index (χ3v) is 7.09. The fraction of sp³-hybridized carbons (Fsp3) is 0.562. The number of carboxylic acids is 1. The van der Waals surface area contributed by atoms with E-state index in [1.807, 2.05) is 26.8 Å². The molecule has 0 aliphatic rings. The van der Waals surface area contributed by atoms with Gasteiger partial charge in [0, 0.05) is 29.9 Å². The molecule has 0 amide bonds. The smallest absolute Gasteiger partial charge is 0.331 e. The van der Waals surface area contributed by atoms with Crippen LogP contribution < -0.4 is 10.6 Å². The van der Waals surface area contributed by atoms with E-state index in [0.717, 1.165) is 5.30 Å². The minimum atomic E-state index is -2.39. The Balaban J connectivity index is 3.07. The number of carboxylic acid groups (broad SMARTS) is 1. The summed E-state index contributed by atoms with van der Waals surface area (Å²) in [5.41, 5.74) is -0.582. The first-order valence-corrected chi connectivity index (χ1v) is 9.67. The molecule has 5 nitrogen and oxygen atoms in total. The van der Waals surface area contributed by atoms with Crippen LogP contribution in [-0.4, -0.2) is 42.2 Å². The maximum Gasteiger partial charge on any atom is 0.331 e. The molecule has 1 rings (SSSR count). The molecule has 0 fully saturated rings. The van der Waals surface area contributed by atoms with Crippen molar-refractivity contribution < 1.29 is 19.2 Å². The highest BCUT2D eigenvalue weighted by atomic mass is 31.2. The first-order valence-electron chi connectivity index (χ1n) is 7.59. The van der Waals surface area contributed by atoms with Gasteiger partial charge < -0.3 is 19.7 Å². The highest BCUT2D eigenvalue weighted by molar-refractivity contribution is 7.71. The standard InChI is InChI=1S/C16H26NO4P/c1-5-21-12-16(4,15(18)19)17-13-9-8-10-14(11-13)22(20,6-2)7-3/h8-11,17H,5-7,12H2,1-4H3,(H,18,19). The Hall–Kier alpha value is -1.32. The largest absolute Gasteiger partial charge is 0.479 e. The van der Waals surface area contributed by atoms with Gasteiger partial charge >= 0.3 is 5.97 Å². The zero-order valence-electron chi connectivity index (χ0n) is 13.8. The molecular formula is C16H26NO4P. The Kier molecular flexibility index (Phi) is 6.64. The number of aliphatic carboxylic acids is 1. The summed E-state index contributed by atoms with van der Waals surface area (Å²) in [6.45, 7) is 7.74. The van der Waals surface area contributed by atoms with Gasteiger partial charge in [-0.05, 0) is 26.0 Å². The molecule has 2 N–H and O–H groups in total. The molecule has 1 aromatic carbocycles. The van der Waals surface area contributed by atoms with Gasteiger partial charge in [0.2, 0.25) is 0 Å². The van der Waals surface area contributed by atoms with Crippen LogP contribution in [0.4, 0.5) is 5.69 Å². The predicted octanol–water partition coefficient (Wildman–Crippen LogP) is 3.01. The van der Waals surface area contributed by atoms with Crippen molar-refractivity contribution in [3.05, 3.63) is 24.3 Å². The molecule has 22 heavy (non-hydrogen) atoms. The first-order chi connectivity index (χ1) is 10.3. The summed E-state index contributed by atoms with van der Waals surface area (Å²) < 4.78 is 18.1. The third-order valence-electron chi connectivity index (χ3n) is 3.83. The monoisotopic (exact) mass is 327 g/mol. The molecule has 0 aliphatic carbocycles. The highest BCUT2D eigenvalue weighted by Crippen LogP contribution is 2.43. The van der Waals surface area contributed by atoms with Crippen molar-refractivity contribution in [3.63, 3.8) is 0 Å². The second-order valence-corrected chi connectivity index (χ2v) is 9.03. The third kappa shape index (κ3) is 4.34. The van der Waals surface area contributed by atoms with E-state index in [2.05, 4.69) is 5.32 Å². The van der Waals surface area contributed by atoms with Gasteiger partial charge in [0.15, 0.2) is 5.54 Å². The number of anilines is 1. The Labute approximate surface area is 132 Å². The summed E-state index contributed by atoms with van der Waals surface area (Å²) >= 11 is 0. The number of carbonyl (C=O) groups is 1. The van der Waals surface area contributed by atoms with Gasteiger partial charge in [0.1, 0.15) is 7.14 Å². The van der Waals surface area contributed by atoms with Gasteiger partial charge in [0.05, 0.1) is 6.61 Å². The van der Waals surface area contributed by atoms with Crippen molar-refractivity contribution >= 4 is 24.1 Å². The van der Waals surface area contributed by atoms with E-state index in [1.54, 1.807) is 25.1 Å². The fourth-order valence-electron chi connectivity index (χ4n) is 2.20. The summed E-state index contributed by atoms with van der Waals surface area (Å²) in [4.78, 5) is 11.5. The molecule has 0 spiro atoms. The second-order valence-electron chi connectivity index (χ2n) is 5.47. The van der Waals surface area contributed by atoms with Crippen molar-refractivity contribution in [1.82, 2.24) is 0 Å². The molecule has 0 aliphatic heterocycles. The molecule has 0 radical (unpaired) electrons. The number of benzene rings is 1. The van der Waals surface area contributed by atoms with Crippen LogP contribution in [0.1, 0.15) is 27.7 Å². The van der Waals surface area contributed by atoms with Crippen LogP contribution in [0, 0.1) is 0 Å². The summed E-state index contributed by atoms with van der Waals surface area (Å²) in [6, 6.07) is 7.23.